The van der Waals surface area contributed by atoms with E-state index in [4.69, 9.17) is 4.74 Å². The van der Waals surface area contributed by atoms with Gasteiger partial charge in [-0.3, -0.25) is 4.98 Å². The van der Waals surface area contributed by atoms with Gasteiger partial charge >= 0.3 is 0 Å². The molecule has 1 aromatic heterocycles. The van der Waals surface area contributed by atoms with Gasteiger partial charge < -0.3 is 4.74 Å². The number of aliphatic imine (C=N–C) groups is 1. The van der Waals surface area contributed by atoms with Gasteiger partial charge in [0, 0.05) is 18.6 Å². The molecule has 1 aromatic carbocycles. The molecule has 2 rings (SSSR count). The predicted octanol–water partition coefficient (Wildman–Crippen LogP) is 2.24. The summed E-state index contributed by atoms with van der Waals surface area (Å²) in [6.07, 6.45) is 6.58. The Morgan fingerprint density at radius 2 is 2.00 bits per heavy atom. The third-order valence-corrected chi connectivity index (χ3v) is 2.01. The van der Waals surface area contributed by atoms with Crippen LogP contribution in [0.3, 0.4) is 0 Å². The summed E-state index contributed by atoms with van der Waals surface area (Å²) in [5.74, 6) is 1.43. The third-order valence-electron chi connectivity index (χ3n) is 2.01. The van der Waals surface area contributed by atoms with E-state index in [0.29, 0.717) is 5.82 Å². The molecule has 0 unspecified atom stereocenters. The quantitative estimate of drug-likeness (QED) is 0.734. The van der Waals surface area contributed by atoms with Crippen LogP contribution in [0.25, 0.3) is 0 Å². The highest BCUT2D eigenvalue weighted by atomic mass is 16.5. The fourth-order valence-corrected chi connectivity index (χ4v) is 1.19. The molecular formula is C12H11N3O. The first-order chi connectivity index (χ1) is 7.88. The van der Waals surface area contributed by atoms with Crippen LogP contribution in [0.5, 0.6) is 5.75 Å². The molecule has 16 heavy (non-hydrogen) atoms. The Hall–Kier alpha value is -2.23. The lowest BCUT2D eigenvalue weighted by molar-refractivity contribution is 0.415. The summed E-state index contributed by atoms with van der Waals surface area (Å²) in [7, 11) is 1.64. The molecule has 2 aromatic rings. The fraction of sp³-hybridized carbons (Fsp3) is 0.0833. The smallest absolute Gasteiger partial charge is 0.170 e. The highest BCUT2D eigenvalue weighted by Crippen LogP contribution is 2.10. The Labute approximate surface area is 93.7 Å². The van der Waals surface area contributed by atoms with Gasteiger partial charge in [0.05, 0.1) is 13.3 Å². The summed E-state index contributed by atoms with van der Waals surface area (Å²) in [5.41, 5.74) is 0.992. The second kappa shape index (κ2) is 5.02. The number of ether oxygens (including phenoxy) is 1. The minimum absolute atomic E-state index is 0.596. The highest BCUT2D eigenvalue weighted by Gasteiger charge is 1.91. The summed E-state index contributed by atoms with van der Waals surface area (Å²) in [6, 6.07) is 7.63. The first kappa shape index (κ1) is 10.3. The molecule has 0 saturated heterocycles. The van der Waals surface area contributed by atoms with Crippen molar-refractivity contribution in [3.05, 3.63) is 48.4 Å². The van der Waals surface area contributed by atoms with Crippen LogP contribution >= 0.6 is 0 Å². The first-order valence-electron chi connectivity index (χ1n) is 4.82. The molecule has 0 saturated carbocycles. The number of nitrogens with zero attached hydrogens (tertiary/aromatic N) is 3. The Bertz CT molecular complexity index is 465. The molecule has 0 bridgehead atoms. The fourth-order valence-electron chi connectivity index (χ4n) is 1.19. The minimum Gasteiger partial charge on any atom is -0.497 e. The lowest BCUT2D eigenvalue weighted by Gasteiger charge is -1.98. The number of hydrogen-bond donors (Lipinski definition) is 0. The van der Waals surface area contributed by atoms with Gasteiger partial charge in [0.25, 0.3) is 0 Å². The number of rotatable bonds is 3. The molecule has 0 amide bonds. The van der Waals surface area contributed by atoms with Crippen molar-refractivity contribution in [2.75, 3.05) is 7.11 Å². The number of aromatic nitrogens is 2. The zero-order valence-electron chi connectivity index (χ0n) is 8.87. The van der Waals surface area contributed by atoms with Crippen LogP contribution in [0, 0.1) is 0 Å². The van der Waals surface area contributed by atoms with Crippen molar-refractivity contribution in [1.82, 2.24) is 9.97 Å². The molecule has 0 aliphatic rings. The van der Waals surface area contributed by atoms with Crippen molar-refractivity contribution in [3.63, 3.8) is 0 Å². The largest absolute Gasteiger partial charge is 0.497 e. The van der Waals surface area contributed by atoms with E-state index < -0.39 is 0 Å². The van der Waals surface area contributed by atoms with Gasteiger partial charge in [-0.2, -0.15) is 0 Å². The van der Waals surface area contributed by atoms with E-state index in [1.54, 1.807) is 31.9 Å². The van der Waals surface area contributed by atoms with E-state index in [-0.39, 0.29) is 0 Å². The monoisotopic (exact) mass is 213 g/mol. The molecule has 4 heteroatoms. The SMILES string of the molecule is COc1ccc(C=Nc2cnccn2)cc1. The maximum absolute atomic E-state index is 5.07. The van der Waals surface area contributed by atoms with Gasteiger partial charge in [0.2, 0.25) is 0 Å². The van der Waals surface area contributed by atoms with E-state index >= 15 is 0 Å². The van der Waals surface area contributed by atoms with E-state index in [0.717, 1.165) is 11.3 Å². The van der Waals surface area contributed by atoms with Gasteiger partial charge in [-0.1, -0.05) is 0 Å². The topological polar surface area (TPSA) is 47.4 Å². The van der Waals surface area contributed by atoms with Crippen LogP contribution in [0.1, 0.15) is 5.56 Å². The van der Waals surface area contributed by atoms with Crippen LogP contribution in [-0.2, 0) is 0 Å². The second-order valence-corrected chi connectivity index (χ2v) is 3.09. The van der Waals surface area contributed by atoms with E-state index in [1.165, 1.54) is 0 Å². The molecule has 0 N–H and O–H groups in total. The Kier molecular flexibility index (Phi) is 3.23. The average molecular weight is 213 g/mol. The molecule has 0 fully saturated rings. The molecule has 0 atom stereocenters. The van der Waals surface area contributed by atoms with Crippen LogP contribution in [-0.4, -0.2) is 23.3 Å². The Balaban J connectivity index is 2.12. The summed E-state index contributed by atoms with van der Waals surface area (Å²) in [6.45, 7) is 0. The highest BCUT2D eigenvalue weighted by molar-refractivity contribution is 5.81. The van der Waals surface area contributed by atoms with Crippen LogP contribution in [0.4, 0.5) is 5.82 Å². The first-order valence-corrected chi connectivity index (χ1v) is 4.82. The molecule has 0 aliphatic heterocycles. The maximum atomic E-state index is 5.07. The average Bonchev–Trinajstić information content (AvgIpc) is 2.38. The molecule has 1 heterocycles. The predicted molar refractivity (Wildman–Crippen MR) is 62.3 cm³/mol. The van der Waals surface area contributed by atoms with Crippen molar-refractivity contribution in [3.8, 4) is 5.75 Å². The lowest BCUT2D eigenvalue weighted by atomic mass is 10.2. The summed E-state index contributed by atoms with van der Waals surface area (Å²) in [5, 5.41) is 0. The lowest BCUT2D eigenvalue weighted by Crippen LogP contribution is -1.84. The maximum Gasteiger partial charge on any atom is 0.170 e. The standard InChI is InChI=1S/C12H11N3O/c1-16-11-4-2-10(3-5-11)8-15-12-9-13-6-7-14-12/h2-9H,1H3. The summed E-state index contributed by atoms with van der Waals surface area (Å²) < 4.78 is 5.07. The van der Waals surface area contributed by atoms with Crippen molar-refractivity contribution >= 4 is 12.0 Å². The normalized spacial score (nSPS) is 10.6. The Morgan fingerprint density at radius 1 is 1.19 bits per heavy atom. The molecule has 4 nitrogen and oxygen atoms in total. The van der Waals surface area contributed by atoms with E-state index in [2.05, 4.69) is 15.0 Å². The summed E-state index contributed by atoms with van der Waals surface area (Å²) >= 11 is 0. The van der Waals surface area contributed by atoms with E-state index in [9.17, 15) is 0 Å². The van der Waals surface area contributed by atoms with Gasteiger partial charge in [0.1, 0.15) is 5.75 Å². The van der Waals surface area contributed by atoms with Crippen molar-refractivity contribution in [2.24, 2.45) is 4.99 Å². The second-order valence-electron chi connectivity index (χ2n) is 3.09. The minimum atomic E-state index is 0.596. The zero-order valence-corrected chi connectivity index (χ0v) is 8.87. The number of methoxy groups -OCH3 is 1. The van der Waals surface area contributed by atoms with Gasteiger partial charge in [-0.05, 0) is 29.8 Å². The van der Waals surface area contributed by atoms with Crippen LogP contribution in [0.15, 0.2) is 47.8 Å². The number of benzene rings is 1. The van der Waals surface area contributed by atoms with Gasteiger partial charge in [-0.15, -0.1) is 0 Å². The van der Waals surface area contributed by atoms with Crippen molar-refractivity contribution < 1.29 is 4.74 Å². The molecule has 0 spiro atoms. The molecule has 0 aliphatic carbocycles. The van der Waals surface area contributed by atoms with Crippen LogP contribution in [0.2, 0.25) is 0 Å². The van der Waals surface area contributed by atoms with Crippen LogP contribution < -0.4 is 4.74 Å². The van der Waals surface area contributed by atoms with Gasteiger partial charge in [-0.25, -0.2) is 9.98 Å². The zero-order chi connectivity index (χ0) is 11.2. The van der Waals surface area contributed by atoms with E-state index in [1.807, 2.05) is 24.3 Å². The van der Waals surface area contributed by atoms with Crippen molar-refractivity contribution in [1.29, 1.82) is 0 Å². The third kappa shape index (κ3) is 2.63. The molecule has 0 radical (unpaired) electrons. The van der Waals surface area contributed by atoms with Crippen molar-refractivity contribution in [2.45, 2.75) is 0 Å². The summed E-state index contributed by atoms with van der Waals surface area (Å²) in [4.78, 5) is 12.2. The number of hydrogen-bond acceptors (Lipinski definition) is 4. The van der Waals surface area contributed by atoms with Gasteiger partial charge in [0.15, 0.2) is 5.82 Å². The Morgan fingerprint density at radius 3 is 2.62 bits per heavy atom. The molecule has 80 valence electrons. The molecular weight excluding hydrogens is 202 g/mol.